The first-order valence-electron chi connectivity index (χ1n) is 10.1. The quantitative estimate of drug-likeness (QED) is 0.673. The fraction of sp³-hybridized carbons (Fsp3) is 0.409. The van der Waals surface area contributed by atoms with Gasteiger partial charge in [-0.1, -0.05) is 17.7 Å². The molecule has 3 aromatic rings. The van der Waals surface area contributed by atoms with Crippen LogP contribution in [0.15, 0.2) is 36.5 Å². The van der Waals surface area contributed by atoms with E-state index in [9.17, 15) is 9.90 Å². The van der Waals surface area contributed by atoms with Gasteiger partial charge in [-0.25, -0.2) is 9.67 Å². The van der Waals surface area contributed by atoms with Crippen LogP contribution in [-0.4, -0.2) is 50.3 Å². The third-order valence-electron chi connectivity index (χ3n) is 5.52. The molecule has 2 aromatic heterocycles. The van der Waals surface area contributed by atoms with E-state index in [0.717, 1.165) is 53.9 Å². The van der Waals surface area contributed by atoms with Gasteiger partial charge in [0.2, 0.25) is 5.91 Å². The fourth-order valence-electron chi connectivity index (χ4n) is 4.11. The van der Waals surface area contributed by atoms with Gasteiger partial charge in [0.1, 0.15) is 5.75 Å². The third-order valence-corrected chi connectivity index (χ3v) is 5.52. The molecule has 0 bridgehead atoms. The van der Waals surface area contributed by atoms with E-state index >= 15 is 0 Å². The Hall–Kier alpha value is -2.93. The average Bonchev–Trinajstić information content (AvgIpc) is 3.29. The molecule has 152 valence electrons. The van der Waals surface area contributed by atoms with Crippen LogP contribution in [0.4, 0.5) is 0 Å². The van der Waals surface area contributed by atoms with E-state index in [1.807, 2.05) is 23.7 Å². The second-order valence-electron chi connectivity index (χ2n) is 7.82. The number of benzene rings is 1. The second kappa shape index (κ2) is 8.21. The molecule has 0 saturated carbocycles. The van der Waals surface area contributed by atoms with Crippen LogP contribution >= 0.6 is 0 Å². The van der Waals surface area contributed by atoms with Crippen molar-refractivity contribution in [2.45, 2.75) is 39.3 Å². The molecule has 7 heteroatoms. The predicted octanol–water partition coefficient (Wildman–Crippen LogP) is 2.57. The standard InChI is InChI=1S/C22H27N5O2/c1-15-5-6-20(29)18(12-15)14-26-10-7-17(13-26)21-19-4-3-8-24-22(19)27(25-21)11-9-23-16(2)28/h3-6,8,12,17,29H,7,9-11,13-14H2,1-2H3,(H,23,28)/t17-/m0/s1. The van der Waals surface area contributed by atoms with Crippen LogP contribution in [-0.2, 0) is 17.9 Å². The highest BCUT2D eigenvalue weighted by molar-refractivity contribution is 5.79. The first-order chi connectivity index (χ1) is 14.0. The van der Waals surface area contributed by atoms with Gasteiger partial charge in [-0.15, -0.1) is 0 Å². The number of hydrogen-bond acceptors (Lipinski definition) is 5. The number of likely N-dealkylation sites (tertiary alicyclic amines) is 1. The number of nitrogens with zero attached hydrogens (tertiary/aromatic N) is 4. The van der Waals surface area contributed by atoms with Crippen LogP contribution < -0.4 is 5.32 Å². The molecule has 3 heterocycles. The molecule has 0 unspecified atom stereocenters. The molecule has 29 heavy (non-hydrogen) atoms. The predicted molar refractivity (Wildman–Crippen MR) is 112 cm³/mol. The zero-order valence-electron chi connectivity index (χ0n) is 16.9. The molecule has 0 spiro atoms. The molecule has 2 N–H and O–H groups in total. The number of hydrogen-bond donors (Lipinski definition) is 2. The summed E-state index contributed by atoms with van der Waals surface area (Å²) in [6, 6.07) is 9.78. The van der Waals surface area contributed by atoms with Crippen molar-refractivity contribution in [3.05, 3.63) is 53.3 Å². The van der Waals surface area contributed by atoms with Crippen LogP contribution in [0.1, 0.15) is 36.1 Å². The number of phenolic OH excluding ortho intramolecular Hbond substituents is 1. The number of aromatic nitrogens is 3. The Morgan fingerprint density at radius 1 is 1.34 bits per heavy atom. The minimum atomic E-state index is -0.0412. The molecule has 7 nitrogen and oxygen atoms in total. The van der Waals surface area contributed by atoms with Crippen LogP contribution in [0, 0.1) is 6.92 Å². The van der Waals surface area contributed by atoms with E-state index in [2.05, 4.69) is 27.3 Å². The fourth-order valence-corrected chi connectivity index (χ4v) is 4.11. The minimum Gasteiger partial charge on any atom is -0.508 e. The largest absolute Gasteiger partial charge is 0.508 e. The van der Waals surface area contributed by atoms with Gasteiger partial charge in [-0.2, -0.15) is 5.10 Å². The number of nitrogens with one attached hydrogen (secondary N) is 1. The lowest BCUT2D eigenvalue weighted by Crippen LogP contribution is -2.25. The summed E-state index contributed by atoms with van der Waals surface area (Å²) >= 11 is 0. The summed E-state index contributed by atoms with van der Waals surface area (Å²) in [5.41, 5.74) is 4.07. The van der Waals surface area contributed by atoms with Crippen molar-refractivity contribution < 1.29 is 9.90 Å². The van der Waals surface area contributed by atoms with E-state index in [4.69, 9.17) is 5.10 Å². The van der Waals surface area contributed by atoms with E-state index in [1.54, 1.807) is 12.3 Å². The van der Waals surface area contributed by atoms with Crippen LogP contribution in [0.3, 0.4) is 0 Å². The lowest BCUT2D eigenvalue weighted by atomic mass is 10.0. The van der Waals surface area contributed by atoms with E-state index in [-0.39, 0.29) is 5.91 Å². The normalized spacial score (nSPS) is 17.1. The van der Waals surface area contributed by atoms with Crippen molar-refractivity contribution in [1.82, 2.24) is 25.0 Å². The summed E-state index contributed by atoms with van der Waals surface area (Å²) in [5, 5.41) is 18.9. The Balaban J connectivity index is 1.51. The van der Waals surface area contributed by atoms with Gasteiger partial charge in [0.05, 0.1) is 12.2 Å². The maximum Gasteiger partial charge on any atom is 0.216 e. The summed E-state index contributed by atoms with van der Waals surface area (Å²) in [6.07, 6.45) is 2.81. The van der Waals surface area contributed by atoms with Crippen LogP contribution in [0.25, 0.3) is 11.0 Å². The van der Waals surface area contributed by atoms with Crippen molar-refractivity contribution >= 4 is 16.9 Å². The van der Waals surface area contributed by atoms with Crippen LogP contribution in [0.5, 0.6) is 5.75 Å². The zero-order valence-corrected chi connectivity index (χ0v) is 16.9. The smallest absolute Gasteiger partial charge is 0.216 e. The number of phenols is 1. The Kier molecular flexibility index (Phi) is 5.49. The van der Waals surface area contributed by atoms with E-state index in [0.29, 0.717) is 24.8 Å². The molecule has 0 radical (unpaired) electrons. The number of amides is 1. The summed E-state index contributed by atoms with van der Waals surface area (Å²) in [4.78, 5) is 18.1. The van der Waals surface area contributed by atoms with Gasteiger partial charge < -0.3 is 10.4 Å². The van der Waals surface area contributed by atoms with E-state index < -0.39 is 0 Å². The summed E-state index contributed by atoms with van der Waals surface area (Å²) in [7, 11) is 0. The molecule has 1 aliphatic rings. The van der Waals surface area contributed by atoms with Crippen molar-refractivity contribution in [3.63, 3.8) is 0 Å². The van der Waals surface area contributed by atoms with Crippen molar-refractivity contribution in [2.75, 3.05) is 19.6 Å². The Morgan fingerprint density at radius 3 is 3.03 bits per heavy atom. The number of aromatic hydroxyl groups is 1. The number of pyridine rings is 1. The molecule has 1 amide bonds. The minimum absolute atomic E-state index is 0.0412. The van der Waals surface area contributed by atoms with Crippen molar-refractivity contribution in [1.29, 1.82) is 0 Å². The third kappa shape index (κ3) is 4.24. The molecule has 1 saturated heterocycles. The average molecular weight is 393 g/mol. The van der Waals surface area contributed by atoms with Crippen LogP contribution in [0.2, 0.25) is 0 Å². The Bertz CT molecular complexity index is 1030. The molecule has 1 aliphatic heterocycles. The van der Waals surface area contributed by atoms with Gasteiger partial charge >= 0.3 is 0 Å². The summed E-state index contributed by atoms with van der Waals surface area (Å²) < 4.78 is 1.90. The van der Waals surface area contributed by atoms with E-state index in [1.165, 1.54) is 6.92 Å². The van der Waals surface area contributed by atoms with Gasteiger partial charge in [-0.05, 0) is 38.1 Å². The topological polar surface area (TPSA) is 83.3 Å². The number of fused-ring (bicyclic) bond motifs is 1. The van der Waals surface area contributed by atoms with Crippen molar-refractivity contribution in [3.8, 4) is 5.75 Å². The Labute approximate surface area is 170 Å². The first kappa shape index (κ1) is 19.4. The number of aryl methyl sites for hydroxylation is 1. The van der Waals surface area contributed by atoms with Gasteiger partial charge in [0.15, 0.2) is 5.65 Å². The molecule has 1 fully saturated rings. The highest BCUT2D eigenvalue weighted by Gasteiger charge is 2.28. The van der Waals surface area contributed by atoms with Gasteiger partial charge in [0, 0.05) is 49.6 Å². The van der Waals surface area contributed by atoms with Gasteiger partial charge in [-0.3, -0.25) is 9.69 Å². The maximum atomic E-state index is 11.2. The summed E-state index contributed by atoms with van der Waals surface area (Å²) in [6.45, 7) is 7.31. The molecule has 4 rings (SSSR count). The SMILES string of the molecule is CC(=O)NCCn1nc([C@H]2CCN(Cc3cc(C)ccc3O)C2)c2cccnc21. The Morgan fingerprint density at radius 2 is 2.21 bits per heavy atom. The molecule has 0 aliphatic carbocycles. The van der Waals surface area contributed by atoms with Crippen molar-refractivity contribution in [2.24, 2.45) is 0 Å². The highest BCUT2D eigenvalue weighted by Crippen LogP contribution is 2.32. The molecular formula is C22H27N5O2. The molecule has 1 atom stereocenters. The first-order valence-corrected chi connectivity index (χ1v) is 10.1. The summed E-state index contributed by atoms with van der Waals surface area (Å²) in [5.74, 6) is 0.645. The second-order valence-corrected chi connectivity index (χ2v) is 7.82. The highest BCUT2D eigenvalue weighted by atomic mass is 16.3. The monoisotopic (exact) mass is 393 g/mol. The number of carbonyl (C=O) groups excluding carboxylic acids is 1. The lowest BCUT2D eigenvalue weighted by Gasteiger charge is -2.17. The van der Waals surface area contributed by atoms with Gasteiger partial charge in [0.25, 0.3) is 0 Å². The molecular weight excluding hydrogens is 366 g/mol. The maximum absolute atomic E-state index is 11.2. The number of rotatable bonds is 6. The lowest BCUT2D eigenvalue weighted by molar-refractivity contribution is -0.118. The zero-order chi connectivity index (χ0) is 20.4. The molecule has 1 aromatic carbocycles. The number of carbonyl (C=O) groups is 1.